The van der Waals surface area contributed by atoms with Gasteiger partial charge in [0.25, 0.3) is 0 Å². The summed E-state index contributed by atoms with van der Waals surface area (Å²) in [7, 11) is 0. The predicted octanol–water partition coefficient (Wildman–Crippen LogP) is 5.87. The first-order valence-corrected chi connectivity index (χ1v) is 7.76. The largest absolute Gasteiger partial charge is 0.126 e. The van der Waals surface area contributed by atoms with E-state index >= 15 is 0 Å². The maximum atomic E-state index is 2.34. The number of fused-ring (bicyclic) bond motifs is 4. The van der Waals surface area contributed by atoms with E-state index in [1.54, 1.807) is 0 Å². The van der Waals surface area contributed by atoms with Gasteiger partial charge in [-0.15, -0.1) is 33.7 Å². The zero-order chi connectivity index (χ0) is 14.5. The van der Waals surface area contributed by atoms with Crippen LogP contribution in [0.1, 0.15) is 22.6 Å². The molecule has 0 aromatic heterocycles. The Hall–Kier alpha value is -1.85. The normalized spacial score (nSPS) is 15.7. The van der Waals surface area contributed by atoms with E-state index in [2.05, 4.69) is 84.9 Å². The molecule has 0 bridgehead atoms. The molecular formula is C22H15Zr-. The molecule has 0 N–H and O–H groups in total. The van der Waals surface area contributed by atoms with Crippen LogP contribution in [-0.4, -0.2) is 0 Å². The van der Waals surface area contributed by atoms with Crippen molar-refractivity contribution in [2.75, 3.05) is 0 Å². The molecule has 4 aromatic carbocycles. The first-order chi connectivity index (χ1) is 10.9. The third-order valence-electron chi connectivity index (χ3n) is 4.83. The van der Waals surface area contributed by atoms with Crippen LogP contribution in [0.25, 0.3) is 27.6 Å². The van der Waals surface area contributed by atoms with Crippen molar-refractivity contribution in [1.29, 1.82) is 0 Å². The monoisotopic (exact) mass is 369 g/mol. The Bertz CT molecular complexity index is 1040. The second-order valence-electron chi connectivity index (χ2n) is 6.01. The summed E-state index contributed by atoms with van der Waals surface area (Å²) in [6, 6.07) is 26.4. The van der Waals surface area contributed by atoms with Gasteiger partial charge in [0.2, 0.25) is 0 Å². The van der Waals surface area contributed by atoms with Crippen LogP contribution in [0, 0.1) is 0 Å². The fourth-order valence-electron chi connectivity index (χ4n) is 3.79. The predicted molar refractivity (Wildman–Crippen MR) is 94.4 cm³/mol. The molecule has 0 spiro atoms. The maximum absolute atomic E-state index is 2.34. The minimum atomic E-state index is 0. The average Bonchev–Trinajstić information content (AvgIpc) is 3.16. The molecule has 0 saturated heterocycles. The van der Waals surface area contributed by atoms with Gasteiger partial charge >= 0.3 is 0 Å². The summed E-state index contributed by atoms with van der Waals surface area (Å²) in [6.45, 7) is 0. The summed E-state index contributed by atoms with van der Waals surface area (Å²) in [4.78, 5) is 0. The van der Waals surface area contributed by atoms with E-state index in [0.717, 1.165) is 0 Å². The molecule has 0 aliphatic heterocycles. The summed E-state index contributed by atoms with van der Waals surface area (Å²) in [5.41, 5.74) is 4.18. The quantitative estimate of drug-likeness (QED) is 0.368. The minimum absolute atomic E-state index is 0. The van der Waals surface area contributed by atoms with Crippen LogP contribution in [0.5, 0.6) is 0 Å². The number of allylic oxidation sites excluding steroid dienone is 1. The molecule has 0 radical (unpaired) electrons. The Labute approximate surface area is 154 Å². The molecule has 1 heteroatoms. The molecule has 23 heavy (non-hydrogen) atoms. The number of hydrogen-bond acceptors (Lipinski definition) is 0. The molecule has 1 aliphatic carbocycles. The van der Waals surface area contributed by atoms with Gasteiger partial charge in [0.05, 0.1) is 0 Å². The van der Waals surface area contributed by atoms with Crippen molar-refractivity contribution in [2.24, 2.45) is 0 Å². The first-order valence-electron chi connectivity index (χ1n) is 7.76. The summed E-state index contributed by atoms with van der Waals surface area (Å²) < 4.78 is 0. The van der Waals surface area contributed by atoms with E-state index in [-0.39, 0.29) is 26.2 Å². The SMILES string of the molecule is C1=CC(c2cccc3c2[cH-]c2ccccc23)c2ccccc21.[Zr]. The summed E-state index contributed by atoms with van der Waals surface area (Å²) in [6.07, 6.45) is 4.58. The van der Waals surface area contributed by atoms with E-state index in [1.807, 2.05) is 0 Å². The van der Waals surface area contributed by atoms with E-state index in [9.17, 15) is 0 Å². The van der Waals surface area contributed by atoms with Crippen LogP contribution in [0.15, 0.2) is 78.9 Å². The van der Waals surface area contributed by atoms with Gasteiger partial charge in [-0.05, 0) is 11.1 Å². The third-order valence-corrected chi connectivity index (χ3v) is 4.83. The van der Waals surface area contributed by atoms with Gasteiger partial charge < -0.3 is 0 Å². The maximum Gasteiger partial charge on any atom is 0.00121 e. The molecular weight excluding hydrogens is 355 g/mol. The molecule has 0 amide bonds. The topological polar surface area (TPSA) is 0 Å². The molecule has 0 saturated carbocycles. The van der Waals surface area contributed by atoms with Crippen molar-refractivity contribution in [3.05, 3.63) is 95.6 Å². The van der Waals surface area contributed by atoms with Crippen molar-refractivity contribution in [3.8, 4) is 0 Å². The molecule has 0 heterocycles. The van der Waals surface area contributed by atoms with Gasteiger partial charge in [-0.3, -0.25) is 0 Å². The Kier molecular flexibility index (Phi) is 3.62. The van der Waals surface area contributed by atoms with Crippen molar-refractivity contribution >= 4 is 27.6 Å². The van der Waals surface area contributed by atoms with E-state index in [0.29, 0.717) is 5.92 Å². The number of rotatable bonds is 1. The van der Waals surface area contributed by atoms with E-state index in [4.69, 9.17) is 0 Å². The van der Waals surface area contributed by atoms with E-state index < -0.39 is 0 Å². The Morgan fingerprint density at radius 2 is 1.43 bits per heavy atom. The van der Waals surface area contributed by atoms with Crippen LogP contribution in [-0.2, 0) is 26.2 Å². The van der Waals surface area contributed by atoms with Crippen LogP contribution >= 0.6 is 0 Å². The Morgan fingerprint density at radius 3 is 2.39 bits per heavy atom. The van der Waals surface area contributed by atoms with E-state index in [1.165, 1.54) is 38.2 Å². The van der Waals surface area contributed by atoms with Crippen molar-refractivity contribution < 1.29 is 26.2 Å². The second-order valence-corrected chi connectivity index (χ2v) is 6.01. The molecule has 0 fully saturated rings. The molecule has 0 nitrogen and oxygen atoms in total. The van der Waals surface area contributed by atoms with Gasteiger partial charge in [0, 0.05) is 32.1 Å². The Morgan fingerprint density at radius 1 is 0.696 bits per heavy atom. The van der Waals surface area contributed by atoms with Gasteiger partial charge in [0.1, 0.15) is 0 Å². The number of benzene rings is 3. The zero-order valence-corrected chi connectivity index (χ0v) is 15.1. The van der Waals surface area contributed by atoms with Crippen molar-refractivity contribution in [3.63, 3.8) is 0 Å². The summed E-state index contributed by atoms with van der Waals surface area (Å²) in [5, 5.41) is 5.44. The van der Waals surface area contributed by atoms with Crippen molar-refractivity contribution in [2.45, 2.75) is 5.92 Å². The minimum Gasteiger partial charge on any atom is -0.126 e. The Balaban J connectivity index is 0.00000135. The molecule has 1 unspecified atom stereocenters. The summed E-state index contributed by atoms with van der Waals surface area (Å²) >= 11 is 0. The van der Waals surface area contributed by atoms with Gasteiger partial charge in [0.15, 0.2) is 0 Å². The standard InChI is InChI=1S/C22H15.Zr/c1-3-8-17-15(6-1)12-13-21(17)20-11-5-10-19-18-9-4-2-7-16(18)14-22(19)20;/h1-14,21H;/q-1;. The average molecular weight is 371 g/mol. The van der Waals surface area contributed by atoms with Gasteiger partial charge in [-0.2, -0.15) is 0 Å². The molecule has 1 aliphatic rings. The van der Waals surface area contributed by atoms with Crippen LogP contribution in [0.2, 0.25) is 0 Å². The van der Waals surface area contributed by atoms with Gasteiger partial charge in [-0.25, -0.2) is 0 Å². The first kappa shape index (κ1) is 14.7. The smallest absolute Gasteiger partial charge is 0.00121 e. The molecule has 1 atom stereocenters. The fourth-order valence-corrected chi connectivity index (χ4v) is 3.79. The van der Waals surface area contributed by atoms with Crippen molar-refractivity contribution in [1.82, 2.24) is 0 Å². The fraction of sp³-hybridized carbons (Fsp3) is 0.0455. The molecule has 5 rings (SSSR count). The second kappa shape index (κ2) is 5.66. The third kappa shape index (κ3) is 2.18. The van der Waals surface area contributed by atoms with Crippen LogP contribution in [0.4, 0.5) is 0 Å². The molecule has 4 aromatic rings. The zero-order valence-electron chi connectivity index (χ0n) is 12.7. The molecule has 108 valence electrons. The number of hydrogen-bond donors (Lipinski definition) is 0. The van der Waals surface area contributed by atoms with Crippen LogP contribution in [0.3, 0.4) is 0 Å². The van der Waals surface area contributed by atoms with Gasteiger partial charge in [-0.1, -0.05) is 78.4 Å². The summed E-state index contributed by atoms with van der Waals surface area (Å²) in [5.74, 6) is 0.372. The van der Waals surface area contributed by atoms with Crippen LogP contribution < -0.4 is 0 Å².